The molecule has 6 nitrogen and oxygen atoms in total. The maximum absolute atomic E-state index is 13.8. The Labute approximate surface area is 133 Å². The third-order valence-corrected chi connectivity index (χ3v) is 5.71. The summed E-state index contributed by atoms with van der Waals surface area (Å²) in [5, 5.41) is 8.98. The van der Waals surface area contributed by atoms with Crippen LogP contribution in [0.5, 0.6) is 0 Å². The van der Waals surface area contributed by atoms with Crippen molar-refractivity contribution in [3.63, 3.8) is 0 Å². The van der Waals surface area contributed by atoms with E-state index < -0.39 is 15.8 Å². The first-order valence-corrected chi connectivity index (χ1v) is 8.44. The van der Waals surface area contributed by atoms with Gasteiger partial charge >= 0.3 is 0 Å². The molecule has 0 aliphatic rings. The summed E-state index contributed by atoms with van der Waals surface area (Å²) in [6.07, 6.45) is 2.54. The fourth-order valence-corrected chi connectivity index (χ4v) is 4.29. The highest BCUT2D eigenvalue weighted by Crippen LogP contribution is 2.30. The van der Waals surface area contributed by atoms with Gasteiger partial charge in [-0.05, 0) is 12.1 Å². The van der Waals surface area contributed by atoms with Gasteiger partial charge in [0, 0.05) is 6.20 Å². The lowest BCUT2D eigenvalue weighted by molar-refractivity contribution is 0.600. The highest BCUT2D eigenvalue weighted by molar-refractivity contribution is 7.94. The van der Waals surface area contributed by atoms with E-state index in [0.717, 1.165) is 17.4 Å². The van der Waals surface area contributed by atoms with E-state index in [1.807, 2.05) is 6.07 Å². The summed E-state index contributed by atoms with van der Waals surface area (Å²) >= 11 is 6.48. The third-order valence-electron chi connectivity index (χ3n) is 2.84. The molecule has 2 N–H and O–H groups in total. The van der Waals surface area contributed by atoms with Crippen LogP contribution in [0.25, 0.3) is 10.9 Å². The van der Waals surface area contributed by atoms with E-state index in [1.54, 1.807) is 0 Å². The van der Waals surface area contributed by atoms with Crippen molar-refractivity contribution in [2.45, 2.75) is 4.34 Å². The molecule has 0 amide bonds. The number of thiazole rings is 1. The van der Waals surface area contributed by atoms with Gasteiger partial charge < -0.3 is 4.98 Å². The van der Waals surface area contributed by atoms with Crippen molar-refractivity contribution < 1.29 is 12.8 Å². The number of nitrogens with zero attached hydrogens (tertiary/aromatic N) is 2. The van der Waals surface area contributed by atoms with Crippen LogP contribution in [-0.2, 0) is 10.0 Å². The molecule has 1 aromatic carbocycles. The smallest absolute Gasteiger partial charge is 0.289 e. The Kier molecular flexibility index (Phi) is 3.52. The van der Waals surface area contributed by atoms with Crippen LogP contribution in [0.15, 0.2) is 28.9 Å². The standard InChI is InChI=1S/C12H6ClFN4O2S2/c13-9-5-17-12(21-9)22(19,20)18-8-2-1-7(14)10-6(3-15)4-16-11(8)10/h1-2,4-5,16,18H. The molecule has 0 radical (unpaired) electrons. The van der Waals surface area contributed by atoms with E-state index in [0.29, 0.717) is 0 Å². The van der Waals surface area contributed by atoms with Gasteiger partial charge in [-0.25, -0.2) is 9.37 Å². The molecule has 112 valence electrons. The summed E-state index contributed by atoms with van der Waals surface area (Å²) in [4.78, 5) is 6.40. The lowest BCUT2D eigenvalue weighted by Gasteiger charge is -2.07. The zero-order valence-corrected chi connectivity index (χ0v) is 13.0. The van der Waals surface area contributed by atoms with Gasteiger partial charge in [0.05, 0.1) is 28.4 Å². The maximum Gasteiger partial charge on any atom is 0.289 e. The Balaban J connectivity index is 2.11. The molecule has 0 saturated heterocycles. The fourth-order valence-electron chi connectivity index (χ4n) is 1.93. The highest BCUT2D eigenvalue weighted by Gasteiger charge is 2.21. The molecular formula is C12H6ClFN4O2S2. The average Bonchev–Trinajstić information content (AvgIpc) is 3.08. The summed E-state index contributed by atoms with van der Waals surface area (Å²) in [5.41, 5.74) is 0.387. The second kappa shape index (κ2) is 5.24. The molecule has 2 aromatic heterocycles. The van der Waals surface area contributed by atoms with E-state index in [2.05, 4.69) is 14.7 Å². The molecule has 0 fully saturated rings. The van der Waals surface area contributed by atoms with Gasteiger partial charge in [-0.2, -0.15) is 13.7 Å². The second-order valence-corrected chi connectivity index (χ2v) is 7.71. The van der Waals surface area contributed by atoms with Crippen LogP contribution in [-0.4, -0.2) is 18.4 Å². The lowest BCUT2D eigenvalue weighted by Crippen LogP contribution is -2.13. The number of rotatable bonds is 3. The molecule has 22 heavy (non-hydrogen) atoms. The molecule has 0 atom stereocenters. The number of halogens is 2. The quantitative estimate of drug-likeness (QED) is 0.753. The van der Waals surface area contributed by atoms with Gasteiger partial charge in [0.2, 0.25) is 4.34 Å². The summed E-state index contributed by atoms with van der Waals surface area (Å²) < 4.78 is 40.6. The van der Waals surface area contributed by atoms with Gasteiger partial charge in [-0.3, -0.25) is 4.72 Å². The van der Waals surface area contributed by atoms with E-state index in [4.69, 9.17) is 16.9 Å². The van der Waals surface area contributed by atoms with Crippen LogP contribution >= 0.6 is 22.9 Å². The van der Waals surface area contributed by atoms with Crippen LogP contribution in [0.4, 0.5) is 10.1 Å². The summed E-state index contributed by atoms with van der Waals surface area (Å²) in [6.45, 7) is 0. The van der Waals surface area contributed by atoms with Gasteiger partial charge in [0.25, 0.3) is 10.0 Å². The van der Waals surface area contributed by atoms with Crippen molar-refractivity contribution in [1.82, 2.24) is 9.97 Å². The number of hydrogen-bond donors (Lipinski definition) is 2. The number of benzene rings is 1. The Morgan fingerprint density at radius 3 is 2.86 bits per heavy atom. The topological polar surface area (TPSA) is 98.6 Å². The van der Waals surface area contributed by atoms with Gasteiger partial charge in [0.15, 0.2) is 0 Å². The molecule has 3 aromatic rings. The van der Waals surface area contributed by atoms with Crippen molar-refractivity contribution in [2.24, 2.45) is 0 Å². The van der Waals surface area contributed by atoms with E-state index in [1.165, 1.54) is 18.5 Å². The van der Waals surface area contributed by atoms with Crippen LogP contribution in [0.2, 0.25) is 4.34 Å². The number of H-pyrrole nitrogens is 1. The number of aromatic amines is 1. The Morgan fingerprint density at radius 1 is 1.45 bits per heavy atom. The maximum atomic E-state index is 13.8. The predicted octanol–water partition coefficient (Wildman–Crippen LogP) is 3.09. The molecule has 10 heteroatoms. The van der Waals surface area contributed by atoms with Crippen LogP contribution in [0.3, 0.4) is 0 Å². The van der Waals surface area contributed by atoms with E-state index in [-0.39, 0.29) is 30.8 Å². The van der Waals surface area contributed by atoms with Gasteiger partial charge in [-0.15, -0.1) is 0 Å². The zero-order valence-electron chi connectivity index (χ0n) is 10.6. The van der Waals surface area contributed by atoms with E-state index in [9.17, 15) is 12.8 Å². The summed E-state index contributed by atoms with van der Waals surface area (Å²) in [6, 6.07) is 4.19. The lowest BCUT2D eigenvalue weighted by atomic mass is 10.1. The van der Waals surface area contributed by atoms with E-state index >= 15 is 0 Å². The first-order valence-electron chi connectivity index (χ1n) is 5.76. The molecule has 3 rings (SSSR count). The summed E-state index contributed by atoms with van der Waals surface area (Å²) in [5.74, 6) is -0.618. The minimum atomic E-state index is -3.95. The largest absolute Gasteiger partial charge is 0.358 e. The number of aromatic nitrogens is 2. The van der Waals surface area contributed by atoms with Crippen molar-refractivity contribution in [3.8, 4) is 6.07 Å². The monoisotopic (exact) mass is 356 g/mol. The minimum absolute atomic E-state index is 0.0277. The Bertz CT molecular complexity index is 1020. The molecule has 2 heterocycles. The first kappa shape index (κ1) is 14.8. The second-order valence-electron chi connectivity index (χ2n) is 4.19. The van der Waals surface area contributed by atoms with Crippen LogP contribution in [0.1, 0.15) is 5.56 Å². The SMILES string of the molecule is N#Cc1c[nH]c2c(NS(=O)(=O)c3ncc(Cl)s3)ccc(F)c12. The fraction of sp³-hybridized carbons (Fsp3) is 0. The predicted molar refractivity (Wildman–Crippen MR) is 80.9 cm³/mol. The molecule has 0 aliphatic heterocycles. The zero-order chi connectivity index (χ0) is 15.9. The number of sulfonamides is 1. The number of hydrogen-bond acceptors (Lipinski definition) is 5. The molecular weight excluding hydrogens is 351 g/mol. The Morgan fingerprint density at radius 2 is 2.23 bits per heavy atom. The minimum Gasteiger partial charge on any atom is -0.358 e. The number of nitriles is 1. The molecule has 0 unspecified atom stereocenters. The number of anilines is 1. The van der Waals surface area contributed by atoms with Crippen LogP contribution < -0.4 is 4.72 Å². The van der Waals surface area contributed by atoms with Crippen LogP contribution in [0, 0.1) is 17.1 Å². The van der Waals surface area contributed by atoms with Crippen molar-refractivity contribution in [2.75, 3.05) is 4.72 Å². The van der Waals surface area contributed by atoms with Crippen molar-refractivity contribution in [3.05, 3.63) is 40.2 Å². The normalized spacial score (nSPS) is 11.5. The Hall–Kier alpha value is -2.15. The van der Waals surface area contributed by atoms with Crippen molar-refractivity contribution >= 4 is 49.6 Å². The molecule has 0 spiro atoms. The summed E-state index contributed by atoms with van der Waals surface area (Å²) in [7, 11) is -3.95. The van der Waals surface area contributed by atoms with Gasteiger partial charge in [-0.1, -0.05) is 22.9 Å². The highest BCUT2D eigenvalue weighted by atomic mass is 35.5. The molecule has 0 saturated carbocycles. The van der Waals surface area contributed by atoms with Gasteiger partial charge in [0.1, 0.15) is 16.2 Å². The van der Waals surface area contributed by atoms with Crippen molar-refractivity contribution in [1.29, 1.82) is 5.26 Å². The third kappa shape index (κ3) is 2.41. The number of fused-ring (bicyclic) bond motifs is 1. The molecule has 0 bridgehead atoms. The molecule has 0 aliphatic carbocycles. The first-order chi connectivity index (χ1) is 10.4. The number of nitrogens with one attached hydrogen (secondary N) is 2. The average molecular weight is 357 g/mol.